The summed E-state index contributed by atoms with van der Waals surface area (Å²) in [7, 11) is 0. The molecule has 1 aromatic heterocycles. The van der Waals surface area contributed by atoms with Crippen LogP contribution in [0.15, 0.2) is 48.5 Å². The zero-order valence-electron chi connectivity index (χ0n) is 15.2. The van der Waals surface area contributed by atoms with Gasteiger partial charge in [-0.25, -0.2) is 0 Å². The summed E-state index contributed by atoms with van der Waals surface area (Å²) in [5.74, 6) is 1.09. The summed E-state index contributed by atoms with van der Waals surface area (Å²) in [6, 6.07) is 14.8. The van der Waals surface area contributed by atoms with Gasteiger partial charge in [0.1, 0.15) is 11.5 Å². The number of hydrogen-bond acceptors (Lipinski definition) is 4. The van der Waals surface area contributed by atoms with Crippen LogP contribution in [0.5, 0.6) is 11.5 Å². The fourth-order valence-electron chi connectivity index (χ4n) is 2.83. The van der Waals surface area contributed by atoms with Crippen molar-refractivity contribution in [2.45, 2.75) is 20.8 Å². The van der Waals surface area contributed by atoms with E-state index in [4.69, 9.17) is 9.47 Å². The average molecular weight is 350 g/mol. The highest BCUT2D eigenvalue weighted by Gasteiger charge is 2.15. The zero-order chi connectivity index (χ0) is 18.5. The number of anilines is 1. The van der Waals surface area contributed by atoms with Crippen LogP contribution in [0, 0.1) is 6.92 Å². The summed E-state index contributed by atoms with van der Waals surface area (Å²) < 4.78 is 11.2. The maximum Gasteiger partial charge on any atom is 0.256 e. The Morgan fingerprint density at radius 3 is 2.58 bits per heavy atom. The van der Waals surface area contributed by atoms with Crippen molar-refractivity contribution in [1.82, 2.24) is 4.98 Å². The minimum absolute atomic E-state index is 0.207. The number of aromatic nitrogens is 1. The van der Waals surface area contributed by atoms with E-state index < -0.39 is 0 Å². The van der Waals surface area contributed by atoms with Gasteiger partial charge in [0.05, 0.1) is 30.0 Å². The highest BCUT2D eigenvalue weighted by atomic mass is 16.5. The highest BCUT2D eigenvalue weighted by molar-refractivity contribution is 6.12. The lowest BCUT2D eigenvalue weighted by Crippen LogP contribution is -2.14. The molecule has 0 aliphatic rings. The monoisotopic (exact) mass is 350 g/mol. The number of ether oxygens (including phenoxy) is 2. The van der Waals surface area contributed by atoms with E-state index >= 15 is 0 Å². The van der Waals surface area contributed by atoms with E-state index in [0.717, 1.165) is 16.6 Å². The fourth-order valence-corrected chi connectivity index (χ4v) is 2.83. The van der Waals surface area contributed by atoms with E-state index in [-0.39, 0.29) is 5.91 Å². The predicted octanol–water partition coefficient (Wildman–Crippen LogP) is 4.59. The molecular formula is C21H22N2O3. The number of rotatable bonds is 6. The Bertz CT molecular complexity index is 938. The first kappa shape index (κ1) is 17.7. The molecule has 3 aromatic rings. The van der Waals surface area contributed by atoms with Gasteiger partial charge in [0.25, 0.3) is 5.91 Å². The molecule has 1 N–H and O–H groups in total. The van der Waals surface area contributed by atoms with Crippen molar-refractivity contribution < 1.29 is 14.3 Å². The van der Waals surface area contributed by atoms with Gasteiger partial charge in [0.15, 0.2) is 0 Å². The van der Waals surface area contributed by atoms with Crippen LogP contribution in [0.2, 0.25) is 0 Å². The summed E-state index contributed by atoms with van der Waals surface area (Å²) in [6.45, 7) is 6.76. The Labute approximate surface area is 153 Å². The summed E-state index contributed by atoms with van der Waals surface area (Å²) in [6.07, 6.45) is 0. The van der Waals surface area contributed by atoms with Crippen molar-refractivity contribution in [1.29, 1.82) is 0 Å². The molecule has 0 aliphatic heterocycles. The molecule has 134 valence electrons. The predicted molar refractivity (Wildman–Crippen MR) is 103 cm³/mol. The number of fused-ring (bicyclic) bond motifs is 1. The number of nitrogens with zero attached hydrogens (tertiary/aromatic N) is 1. The second-order valence-electron chi connectivity index (χ2n) is 5.81. The third-order valence-electron chi connectivity index (χ3n) is 3.90. The van der Waals surface area contributed by atoms with Crippen molar-refractivity contribution in [3.8, 4) is 11.5 Å². The number of aryl methyl sites for hydroxylation is 1. The lowest BCUT2D eigenvalue weighted by Gasteiger charge is -2.14. The maximum atomic E-state index is 13.0. The molecule has 0 radical (unpaired) electrons. The largest absolute Gasteiger partial charge is 0.494 e. The number of para-hydroxylation sites is 1. The molecule has 0 saturated carbocycles. The molecule has 1 amide bonds. The lowest BCUT2D eigenvalue weighted by molar-refractivity contribution is 0.102. The smallest absolute Gasteiger partial charge is 0.256 e. The summed E-state index contributed by atoms with van der Waals surface area (Å²) in [5, 5.41) is 3.77. The average Bonchev–Trinajstić information content (AvgIpc) is 2.63. The molecule has 0 spiro atoms. The van der Waals surface area contributed by atoms with E-state index in [9.17, 15) is 4.79 Å². The number of pyridine rings is 1. The minimum atomic E-state index is -0.207. The second-order valence-corrected chi connectivity index (χ2v) is 5.81. The van der Waals surface area contributed by atoms with Crippen LogP contribution >= 0.6 is 0 Å². The molecule has 1 heterocycles. The van der Waals surface area contributed by atoms with E-state index in [1.165, 1.54) is 0 Å². The Morgan fingerprint density at radius 1 is 1.04 bits per heavy atom. The zero-order valence-corrected chi connectivity index (χ0v) is 15.2. The Hall–Kier alpha value is -3.08. The van der Waals surface area contributed by atoms with Crippen molar-refractivity contribution >= 4 is 22.5 Å². The van der Waals surface area contributed by atoms with Crippen molar-refractivity contribution in [3.63, 3.8) is 0 Å². The van der Waals surface area contributed by atoms with E-state index in [1.807, 2.05) is 51.1 Å². The lowest BCUT2D eigenvalue weighted by atomic mass is 10.1. The standard InChI is InChI=1S/C21H22N2O3/c1-4-25-15-10-11-20(26-5-2)19(13-15)23-21(24)17-12-14(3)22-18-9-7-6-8-16(17)18/h6-13H,4-5H2,1-3H3,(H,23,24). The van der Waals surface area contributed by atoms with Crippen molar-refractivity contribution in [3.05, 3.63) is 59.8 Å². The first-order valence-corrected chi connectivity index (χ1v) is 8.69. The molecule has 2 aromatic carbocycles. The van der Waals surface area contributed by atoms with Gasteiger partial charge < -0.3 is 14.8 Å². The molecule has 26 heavy (non-hydrogen) atoms. The molecule has 0 bridgehead atoms. The molecule has 0 fully saturated rings. The number of hydrogen-bond donors (Lipinski definition) is 1. The number of benzene rings is 2. The van der Waals surface area contributed by atoms with Gasteiger partial charge in [-0.2, -0.15) is 0 Å². The number of carbonyl (C=O) groups is 1. The molecular weight excluding hydrogens is 328 g/mol. The van der Waals surface area contributed by atoms with Gasteiger partial charge in [-0.05, 0) is 45.0 Å². The molecule has 0 atom stereocenters. The molecule has 5 heteroatoms. The summed E-state index contributed by atoms with van der Waals surface area (Å²) in [5.41, 5.74) is 2.76. The quantitative estimate of drug-likeness (QED) is 0.706. The third kappa shape index (κ3) is 3.77. The van der Waals surface area contributed by atoms with Crippen LogP contribution in [0.4, 0.5) is 5.69 Å². The van der Waals surface area contributed by atoms with Crippen LogP contribution in [0.3, 0.4) is 0 Å². The first-order chi connectivity index (χ1) is 12.6. The van der Waals surface area contributed by atoms with Gasteiger partial charge in [-0.3, -0.25) is 9.78 Å². The Balaban J connectivity index is 1.98. The topological polar surface area (TPSA) is 60.5 Å². The maximum absolute atomic E-state index is 13.0. The summed E-state index contributed by atoms with van der Waals surface area (Å²) in [4.78, 5) is 17.5. The Morgan fingerprint density at radius 2 is 1.81 bits per heavy atom. The van der Waals surface area contributed by atoms with Gasteiger partial charge in [-0.1, -0.05) is 18.2 Å². The van der Waals surface area contributed by atoms with Crippen LogP contribution in [0.25, 0.3) is 10.9 Å². The van der Waals surface area contributed by atoms with E-state index in [0.29, 0.717) is 36.0 Å². The van der Waals surface area contributed by atoms with Crippen molar-refractivity contribution in [2.24, 2.45) is 0 Å². The number of carbonyl (C=O) groups excluding carboxylic acids is 1. The van der Waals surface area contributed by atoms with E-state index in [1.54, 1.807) is 18.2 Å². The minimum Gasteiger partial charge on any atom is -0.494 e. The molecule has 0 saturated heterocycles. The van der Waals surface area contributed by atoms with Crippen molar-refractivity contribution in [2.75, 3.05) is 18.5 Å². The number of amides is 1. The SMILES string of the molecule is CCOc1ccc(OCC)c(NC(=O)c2cc(C)nc3ccccc23)c1. The van der Waals surface area contributed by atoms with Gasteiger partial charge in [0.2, 0.25) is 0 Å². The molecule has 5 nitrogen and oxygen atoms in total. The molecule has 3 rings (SSSR count). The van der Waals surface area contributed by atoms with Crippen LogP contribution < -0.4 is 14.8 Å². The molecule has 0 unspecified atom stereocenters. The van der Waals surface area contributed by atoms with Crippen LogP contribution in [-0.2, 0) is 0 Å². The molecule has 0 aliphatic carbocycles. The van der Waals surface area contributed by atoms with Crippen LogP contribution in [0.1, 0.15) is 29.9 Å². The van der Waals surface area contributed by atoms with Gasteiger partial charge >= 0.3 is 0 Å². The first-order valence-electron chi connectivity index (χ1n) is 8.69. The second kappa shape index (κ2) is 7.87. The van der Waals surface area contributed by atoms with Crippen LogP contribution in [-0.4, -0.2) is 24.1 Å². The fraction of sp³-hybridized carbons (Fsp3) is 0.238. The Kier molecular flexibility index (Phi) is 5.37. The normalized spacial score (nSPS) is 10.6. The van der Waals surface area contributed by atoms with Gasteiger partial charge in [-0.15, -0.1) is 0 Å². The number of nitrogens with one attached hydrogen (secondary N) is 1. The van der Waals surface area contributed by atoms with E-state index in [2.05, 4.69) is 10.3 Å². The highest BCUT2D eigenvalue weighted by Crippen LogP contribution is 2.30. The third-order valence-corrected chi connectivity index (χ3v) is 3.90. The van der Waals surface area contributed by atoms with Gasteiger partial charge in [0, 0.05) is 17.1 Å². The summed E-state index contributed by atoms with van der Waals surface area (Å²) >= 11 is 0.